The zero-order chi connectivity index (χ0) is 22.7. The van der Waals surface area contributed by atoms with Gasteiger partial charge in [-0.15, -0.1) is 0 Å². The highest BCUT2D eigenvalue weighted by Gasteiger charge is 2.24. The highest BCUT2D eigenvalue weighted by atomic mass is 35.5. The van der Waals surface area contributed by atoms with E-state index in [9.17, 15) is 13.2 Å². The lowest BCUT2D eigenvalue weighted by Crippen LogP contribution is -2.48. The van der Waals surface area contributed by atoms with Crippen LogP contribution in [0.25, 0.3) is 10.2 Å². The van der Waals surface area contributed by atoms with E-state index in [1.54, 1.807) is 30.6 Å². The molecule has 0 unspecified atom stereocenters. The topological polar surface area (TPSA) is 79.8 Å². The van der Waals surface area contributed by atoms with E-state index in [0.717, 1.165) is 21.1 Å². The van der Waals surface area contributed by atoms with Crippen LogP contribution in [-0.4, -0.2) is 63.3 Å². The van der Waals surface area contributed by atoms with Gasteiger partial charge in [-0.25, -0.2) is 13.4 Å². The number of aromatic nitrogens is 1. The molecule has 2 aromatic carbocycles. The van der Waals surface area contributed by atoms with Crippen LogP contribution in [0.3, 0.4) is 0 Å². The van der Waals surface area contributed by atoms with Crippen molar-refractivity contribution in [2.75, 3.05) is 43.9 Å². The van der Waals surface area contributed by atoms with Gasteiger partial charge in [0.15, 0.2) is 15.0 Å². The summed E-state index contributed by atoms with van der Waals surface area (Å²) in [5.41, 5.74) is 0.936. The normalized spacial score (nSPS) is 14.7. The van der Waals surface area contributed by atoms with Crippen LogP contribution in [0.1, 0.15) is 12.8 Å². The minimum absolute atomic E-state index is 0.00927. The summed E-state index contributed by atoms with van der Waals surface area (Å²) >= 11 is 7.43. The van der Waals surface area contributed by atoms with E-state index in [2.05, 4.69) is 4.90 Å². The van der Waals surface area contributed by atoms with Crippen molar-refractivity contribution in [1.29, 1.82) is 0 Å². The Labute approximate surface area is 196 Å². The van der Waals surface area contributed by atoms with Gasteiger partial charge in [0.05, 0.1) is 28.0 Å². The number of hydrogen-bond donors (Lipinski definition) is 0. The smallest absolute Gasteiger partial charge is 0.222 e. The Morgan fingerprint density at radius 3 is 2.53 bits per heavy atom. The molecule has 32 heavy (non-hydrogen) atoms. The predicted molar refractivity (Wildman–Crippen MR) is 128 cm³/mol. The van der Waals surface area contributed by atoms with E-state index in [-0.39, 0.29) is 23.0 Å². The fourth-order valence-corrected chi connectivity index (χ4v) is 6.12. The Hall–Kier alpha value is -2.36. The van der Waals surface area contributed by atoms with Gasteiger partial charge in [-0.2, -0.15) is 0 Å². The summed E-state index contributed by atoms with van der Waals surface area (Å²) < 4.78 is 31.2. The van der Waals surface area contributed by atoms with Crippen LogP contribution in [-0.2, 0) is 14.6 Å². The van der Waals surface area contributed by atoms with Crippen LogP contribution in [0.5, 0.6) is 5.75 Å². The zero-order valence-electron chi connectivity index (χ0n) is 17.7. The zero-order valence-corrected chi connectivity index (χ0v) is 20.0. The lowest BCUT2D eigenvalue weighted by Gasteiger charge is -2.34. The van der Waals surface area contributed by atoms with Crippen LogP contribution < -0.4 is 9.64 Å². The van der Waals surface area contributed by atoms with E-state index >= 15 is 0 Å². The van der Waals surface area contributed by atoms with Gasteiger partial charge in [0, 0.05) is 37.6 Å². The average Bonchev–Trinajstić information content (AvgIpc) is 3.22. The van der Waals surface area contributed by atoms with Crippen molar-refractivity contribution < 1.29 is 17.9 Å². The molecule has 7 nitrogen and oxygen atoms in total. The summed E-state index contributed by atoms with van der Waals surface area (Å²) in [4.78, 5) is 21.5. The van der Waals surface area contributed by atoms with Crippen LogP contribution in [0.15, 0.2) is 47.4 Å². The number of anilines is 1. The number of hydrogen-bond acceptors (Lipinski definition) is 7. The highest BCUT2D eigenvalue weighted by Crippen LogP contribution is 2.32. The SMILES string of the molecule is COc1ccc2nc(N3CCN(C(=O)CCCS(=O)(=O)c4ccc(Cl)cc4)CC3)sc2c1. The van der Waals surface area contributed by atoms with E-state index in [4.69, 9.17) is 21.3 Å². The Balaban J connectivity index is 1.27. The second-order valence-corrected chi connectivity index (χ2v) is 11.1. The molecule has 2 heterocycles. The molecule has 1 aromatic heterocycles. The number of ether oxygens (including phenoxy) is 1. The molecule has 170 valence electrons. The lowest BCUT2D eigenvalue weighted by molar-refractivity contribution is -0.131. The van der Waals surface area contributed by atoms with Gasteiger partial charge in [0.1, 0.15) is 5.75 Å². The molecule has 1 aliphatic heterocycles. The number of nitrogens with zero attached hydrogens (tertiary/aromatic N) is 3. The van der Waals surface area contributed by atoms with Crippen LogP contribution >= 0.6 is 22.9 Å². The molecule has 1 amide bonds. The second-order valence-electron chi connectivity index (χ2n) is 7.57. The van der Waals surface area contributed by atoms with E-state index in [0.29, 0.717) is 37.6 Å². The monoisotopic (exact) mass is 493 g/mol. The van der Waals surface area contributed by atoms with E-state index in [1.807, 2.05) is 23.1 Å². The third-order valence-corrected chi connectivity index (χ3v) is 8.61. The fraction of sp³-hybridized carbons (Fsp3) is 0.364. The van der Waals surface area contributed by atoms with Gasteiger partial charge in [0.25, 0.3) is 0 Å². The molecule has 0 aliphatic carbocycles. The summed E-state index contributed by atoms with van der Waals surface area (Å²) in [5.74, 6) is 0.737. The molecule has 0 N–H and O–H groups in total. The predicted octanol–water partition coefficient (Wildman–Crippen LogP) is 3.86. The summed E-state index contributed by atoms with van der Waals surface area (Å²) in [6.07, 6.45) is 0.511. The lowest BCUT2D eigenvalue weighted by atomic mass is 10.2. The number of thiazole rings is 1. The maximum Gasteiger partial charge on any atom is 0.222 e. The van der Waals surface area contributed by atoms with Crippen molar-refractivity contribution in [2.24, 2.45) is 0 Å². The van der Waals surface area contributed by atoms with Crippen molar-refractivity contribution in [3.05, 3.63) is 47.5 Å². The number of fused-ring (bicyclic) bond motifs is 1. The van der Waals surface area contributed by atoms with E-state index < -0.39 is 9.84 Å². The molecule has 1 fully saturated rings. The first-order valence-electron chi connectivity index (χ1n) is 10.3. The first-order chi connectivity index (χ1) is 15.4. The number of sulfone groups is 1. The van der Waals surface area contributed by atoms with Crippen LogP contribution in [0, 0.1) is 0 Å². The minimum atomic E-state index is -3.42. The number of benzene rings is 2. The van der Waals surface area contributed by atoms with Crippen molar-refractivity contribution in [2.45, 2.75) is 17.7 Å². The highest BCUT2D eigenvalue weighted by molar-refractivity contribution is 7.91. The molecule has 3 aromatic rings. The molecule has 0 spiro atoms. The number of rotatable bonds is 7. The molecule has 0 radical (unpaired) electrons. The standard InChI is InChI=1S/C22H24ClN3O4S2/c1-30-17-6-9-19-20(15-17)31-22(24-19)26-12-10-25(11-13-26)21(27)3-2-14-32(28,29)18-7-4-16(23)5-8-18/h4-9,15H,2-3,10-14H2,1H3. The van der Waals surface area contributed by atoms with Gasteiger partial charge in [-0.3, -0.25) is 4.79 Å². The fourth-order valence-electron chi connectivity index (χ4n) is 3.63. The third-order valence-electron chi connectivity index (χ3n) is 5.46. The molecule has 1 aliphatic rings. The number of amides is 1. The maximum absolute atomic E-state index is 12.6. The molecule has 1 saturated heterocycles. The van der Waals surface area contributed by atoms with Crippen molar-refractivity contribution in [1.82, 2.24) is 9.88 Å². The first kappa shape index (κ1) is 22.8. The summed E-state index contributed by atoms with van der Waals surface area (Å²) in [6.45, 7) is 2.60. The quantitative estimate of drug-likeness (QED) is 0.497. The number of halogens is 1. The Morgan fingerprint density at radius 2 is 1.84 bits per heavy atom. The van der Waals surface area contributed by atoms with Gasteiger partial charge >= 0.3 is 0 Å². The second kappa shape index (κ2) is 9.64. The summed E-state index contributed by atoms with van der Waals surface area (Å²) in [7, 11) is -1.77. The van der Waals surface area contributed by atoms with Gasteiger partial charge in [-0.05, 0) is 48.9 Å². The molecule has 0 bridgehead atoms. The van der Waals surface area contributed by atoms with Crippen molar-refractivity contribution >= 4 is 54.0 Å². The van der Waals surface area contributed by atoms with Gasteiger partial charge < -0.3 is 14.5 Å². The third kappa shape index (κ3) is 5.16. The minimum Gasteiger partial charge on any atom is -0.497 e. The Morgan fingerprint density at radius 1 is 1.12 bits per heavy atom. The number of piperazine rings is 1. The van der Waals surface area contributed by atoms with Crippen LogP contribution in [0.2, 0.25) is 5.02 Å². The average molecular weight is 494 g/mol. The van der Waals surface area contributed by atoms with Gasteiger partial charge in [0.2, 0.25) is 5.91 Å². The Bertz CT molecular complexity index is 1200. The molecule has 0 saturated carbocycles. The van der Waals surface area contributed by atoms with Gasteiger partial charge in [-0.1, -0.05) is 22.9 Å². The van der Waals surface area contributed by atoms with E-state index in [1.165, 1.54) is 12.1 Å². The van der Waals surface area contributed by atoms with Crippen molar-refractivity contribution in [3.8, 4) is 5.75 Å². The van der Waals surface area contributed by atoms with Crippen molar-refractivity contribution in [3.63, 3.8) is 0 Å². The molecule has 0 atom stereocenters. The largest absolute Gasteiger partial charge is 0.497 e. The van der Waals surface area contributed by atoms with Crippen LogP contribution in [0.4, 0.5) is 5.13 Å². The first-order valence-corrected chi connectivity index (χ1v) is 13.2. The maximum atomic E-state index is 12.6. The molecular weight excluding hydrogens is 470 g/mol. The molecule has 4 rings (SSSR count). The molecular formula is C22H24ClN3O4S2. The summed E-state index contributed by atoms with van der Waals surface area (Å²) in [5, 5.41) is 1.43. The number of carbonyl (C=O) groups excluding carboxylic acids is 1. The summed E-state index contributed by atoms with van der Waals surface area (Å²) in [6, 6.07) is 11.9. The number of methoxy groups -OCH3 is 1. The number of carbonyl (C=O) groups is 1. The molecule has 10 heteroatoms. The Kier molecular flexibility index (Phi) is 6.88.